The van der Waals surface area contributed by atoms with E-state index in [2.05, 4.69) is 9.88 Å². The topological polar surface area (TPSA) is 61.3 Å². The average molecular weight is 275 g/mol. The first-order valence-electron chi connectivity index (χ1n) is 7.32. The highest BCUT2D eigenvalue weighted by atomic mass is 16.3. The quantitative estimate of drug-likeness (QED) is 0.797. The van der Waals surface area contributed by atoms with Gasteiger partial charge in [-0.3, -0.25) is 9.47 Å². The lowest BCUT2D eigenvalue weighted by atomic mass is 10.3. The minimum absolute atomic E-state index is 0.0358. The number of fused-ring (bicyclic) bond motifs is 1. The normalized spacial score (nSPS) is 15.3. The van der Waals surface area contributed by atoms with Gasteiger partial charge in [0.15, 0.2) is 0 Å². The van der Waals surface area contributed by atoms with E-state index in [4.69, 9.17) is 5.11 Å². The summed E-state index contributed by atoms with van der Waals surface area (Å²) < 4.78 is 1.80. The number of para-hydroxylation sites is 2. The Labute approximate surface area is 117 Å². The monoisotopic (exact) mass is 275 g/mol. The van der Waals surface area contributed by atoms with E-state index in [-0.39, 0.29) is 12.3 Å². The van der Waals surface area contributed by atoms with E-state index in [1.165, 1.54) is 12.8 Å². The SMILES string of the molecule is O=c1[nH]c2ccccc2n1CCCN(CCO)C1CC1. The summed E-state index contributed by atoms with van der Waals surface area (Å²) in [5.41, 5.74) is 1.83. The summed E-state index contributed by atoms with van der Waals surface area (Å²) >= 11 is 0. The molecular weight excluding hydrogens is 254 g/mol. The Hall–Kier alpha value is -1.59. The van der Waals surface area contributed by atoms with Crippen molar-refractivity contribution in [3.05, 3.63) is 34.7 Å². The van der Waals surface area contributed by atoms with Gasteiger partial charge in [-0.05, 0) is 31.4 Å². The molecule has 1 aliphatic carbocycles. The molecule has 108 valence electrons. The lowest BCUT2D eigenvalue weighted by Crippen LogP contribution is -2.31. The van der Waals surface area contributed by atoms with Crippen molar-refractivity contribution in [1.29, 1.82) is 0 Å². The number of aromatic nitrogens is 2. The van der Waals surface area contributed by atoms with Crippen molar-refractivity contribution >= 4 is 11.0 Å². The van der Waals surface area contributed by atoms with Crippen LogP contribution in [0.1, 0.15) is 19.3 Å². The Morgan fingerprint density at radius 3 is 2.85 bits per heavy atom. The summed E-state index contributed by atoms with van der Waals surface area (Å²) in [4.78, 5) is 17.2. The first-order valence-corrected chi connectivity index (χ1v) is 7.32. The zero-order valence-electron chi connectivity index (χ0n) is 11.6. The third kappa shape index (κ3) is 2.78. The van der Waals surface area contributed by atoms with Crippen LogP contribution in [0.15, 0.2) is 29.1 Å². The zero-order valence-corrected chi connectivity index (χ0v) is 11.6. The van der Waals surface area contributed by atoms with E-state index in [0.717, 1.165) is 37.1 Å². The molecule has 1 fully saturated rings. The number of rotatable bonds is 7. The number of nitrogens with zero attached hydrogens (tertiary/aromatic N) is 2. The van der Waals surface area contributed by atoms with E-state index in [9.17, 15) is 4.79 Å². The van der Waals surface area contributed by atoms with Gasteiger partial charge < -0.3 is 10.1 Å². The molecule has 20 heavy (non-hydrogen) atoms. The fourth-order valence-electron chi connectivity index (χ4n) is 2.81. The van der Waals surface area contributed by atoms with Gasteiger partial charge in [-0.1, -0.05) is 12.1 Å². The Kier molecular flexibility index (Phi) is 3.89. The van der Waals surface area contributed by atoms with Crippen molar-refractivity contribution in [2.45, 2.75) is 31.8 Å². The highest BCUT2D eigenvalue weighted by Crippen LogP contribution is 2.26. The van der Waals surface area contributed by atoms with Crippen LogP contribution in [0.5, 0.6) is 0 Å². The average Bonchev–Trinajstić information content (AvgIpc) is 3.23. The van der Waals surface area contributed by atoms with Crippen LogP contribution in [-0.4, -0.2) is 45.3 Å². The van der Waals surface area contributed by atoms with Crippen molar-refractivity contribution in [3.8, 4) is 0 Å². The summed E-state index contributed by atoms with van der Waals surface area (Å²) in [6.07, 6.45) is 3.42. The predicted octanol–water partition coefficient (Wildman–Crippen LogP) is 1.18. The molecular formula is C15H21N3O2. The maximum atomic E-state index is 11.9. The van der Waals surface area contributed by atoms with Gasteiger partial charge in [0.25, 0.3) is 0 Å². The number of aliphatic hydroxyl groups is 1. The van der Waals surface area contributed by atoms with E-state index < -0.39 is 0 Å². The Morgan fingerprint density at radius 2 is 2.10 bits per heavy atom. The summed E-state index contributed by atoms with van der Waals surface area (Å²) in [5.74, 6) is 0. The third-order valence-electron chi connectivity index (χ3n) is 3.96. The first kappa shape index (κ1) is 13.4. The summed E-state index contributed by atoms with van der Waals surface area (Å²) in [6.45, 7) is 2.62. The van der Waals surface area contributed by atoms with Crippen LogP contribution < -0.4 is 5.69 Å². The number of hydrogen-bond acceptors (Lipinski definition) is 3. The smallest absolute Gasteiger partial charge is 0.326 e. The van der Waals surface area contributed by atoms with Gasteiger partial charge in [0, 0.05) is 25.7 Å². The molecule has 0 unspecified atom stereocenters. The van der Waals surface area contributed by atoms with Gasteiger partial charge in [0.2, 0.25) is 0 Å². The van der Waals surface area contributed by atoms with Crippen LogP contribution in [0, 0.1) is 0 Å². The lowest BCUT2D eigenvalue weighted by Gasteiger charge is -2.20. The van der Waals surface area contributed by atoms with Crippen LogP contribution in [0.4, 0.5) is 0 Å². The number of nitrogens with one attached hydrogen (secondary N) is 1. The van der Waals surface area contributed by atoms with E-state index >= 15 is 0 Å². The first-order chi connectivity index (χ1) is 9.79. The molecule has 1 aliphatic rings. The van der Waals surface area contributed by atoms with Gasteiger partial charge >= 0.3 is 5.69 Å². The molecule has 0 atom stereocenters. The van der Waals surface area contributed by atoms with Crippen LogP contribution in [0.25, 0.3) is 11.0 Å². The fraction of sp³-hybridized carbons (Fsp3) is 0.533. The van der Waals surface area contributed by atoms with E-state index in [1.807, 2.05) is 24.3 Å². The number of aliphatic hydroxyl groups excluding tert-OH is 1. The largest absolute Gasteiger partial charge is 0.395 e. The summed E-state index contributed by atoms with van der Waals surface area (Å²) in [5, 5.41) is 9.08. The van der Waals surface area contributed by atoms with Crippen LogP contribution in [-0.2, 0) is 6.54 Å². The molecule has 2 aromatic rings. The summed E-state index contributed by atoms with van der Waals surface area (Å²) in [7, 11) is 0. The second kappa shape index (κ2) is 5.81. The number of aryl methyl sites for hydroxylation is 1. The molecule has 3 rings (SSSR count). The second-order valence-corrected chi connectivity index (χ2v) is 5.44. The Balaban J connectivity index is 1.64. The molecule has 0 aliphatic heterocycles. The molecule has 0 amide bonds. The molecule has 5 nitrogen and oxygen atoms in total. The molecule has 5 heteroatoms. The number of hydrogen-bond donors (Lipinski definition) is 2. The minimum Gasteiger partial charge on any atom is -0.395 e. The summed E-state index contributed by atoms with van der Waals surface area (Å²) in [6, 6.07) is 8.43. The molecule has 1 aromatic heterocycles. The van der Waals surface area contributed by atoms with Crippen LogP contribution in [0.3, 0.4) is 0 Å². The third-order valence-corrected chi connectivity index (χ3v) is 3.96. The Bertz CT molecular complexity index is 627. The number of H-pyrrole nitrogens is 1. The standard InChI is InChI=1S/C15H21N3O2/c19-11-10-17(12-6-7-12)8-3-9-18-14-5-2-1-4-13(14)16-15(18)20/h1-2,4-5,12,19H,3,6-11H2,(H,16,20). The van der Waals surface area contributed by atoms with Gasteiger partial charge in [0.05, 0.1) is 17.6 Å². The minimum atomic E-state index is -0.0358. The van der Waals surface area contributed by atoms with Crippen molar-refractivity contribution in [2.24, 2.45) is 0 Å². The molecule has 0 bridgehead atoms. The van der Waals surface area contributed by atoms with Crippen molar-refractivity contribution in [3.63, 3.8) is 0 Å². The van der Waals surface area contributed by atoms with E-state index in [0.29, 0.717) is 6.04 Å². The van der Waals surface area contributed by atoms with Crippen molar-refractivity contribution < 1.29 is 5.11 Å². The number of imidazole rings is 1. The number of benzene rings is 1. The van der Waals surface area contributed by atoms with Crippen molar-refractivity contribution in [1.82, 2.24) is 14.5 Å². The maximum Gasteiger partial charge on any atom is 0.326 e. The van der Waals surface area contributed by atoms with Gasteiger partial charge in [-0.25, -0.2) is 4.79 Å². The van der Waals surface area contributed by atoms with Crippen LogP contribution >= 0.6 is 0 Å². The van der Waals surface area contributed by atoms with Gasteiger partial charge in [-0.15, -0.1) is 0 Å². The highest BCUT2D eigenvalue weighted by Gasteiger charge is 2.27. The molecule has 0 radical (unpaired) electrons. The predicted molar refractivity (Wildman–Crippen MR) is 78.9 cm³/mol. The van der Waals surface area contributed by atoms with Gasteiger partial charge in [0.1, 0.15) is 0 Å². The Morgan fingerprint density at radius 1 is 1.30 bits per heavy atom. The molecule has 1 aromatic carbocycles. The second-order valence-electron chi connectivity index (χ2n) is 5.44. The molecule has 1 heterocycles. The molecule has 0 saturated heterocycles. The molecule has 0 spiro atoms. The van der Waals surface area contributed by atoms with Gasteiger partial charge in [-0.2, -0.15) is 0 Å². The molecule has 2 N–H and O–H groups in total. The lowest BCUT2D eigenvalue weighted by molar-refractivity contribution is 0.186. The maximum absolute atomic E-state index is 11.9. The van der Waals surface area contributed by atoms with E-state index in [1.54, 1.807) is 4.57 Å². The van der Waals surface area contributed by atoms with Crippen molar-refractivity contribution in [2.75, 3.05) is 19.7 Å². The highest BCUT2D eigenvalue weighted by molar-refractivity contribution is 5.74. The van der Waals surface area contributed by atoms with Crippen LogP contribution in [0.2, 0.25) is 0 Å². The zero-order chi connectivity index (χ0) is 13.9. The fourth-order valence-corrected chi connectivity index (χ4v) is 2.81. The molecule has 1 saturated carbocycles. The number of aromatic amines is 1.